The monoisotopic (exact) mass is 489 g/mol. The number of aliphatic carboxylic acids is 1. The first-order chi connectivity index (χ1) is 16.1. The molecule has 2 fully saturated rings. The van der Waals surface area contributed by atoms with E-state index < -0.39 is 27.9 Å². The topological polar surface area (TPSA) is 109 Å². The van der Waals surface area contributed by atoms with Gasteiger partial charge in [-0.15, -0.1) is 0 Å². The third-order valence-corrected chi connectivity index (χ3v) is 9.07. The predicted octanol–water partition coefficient (Wildman–Crippen LogP) is 1.50. The summed E-state index contributed by atoms with van der Waals surface area (Å²) in [5.74, 6) is -0.564. The second-order valence-electron chi connectivity index (χ2n) is 10.5. The molecular weight excluding hydrogens is 461 g/mol. The molecule has 0 aromatic carbocycles. The van der Waals surface area contributed by atoms with Gasteiger partial charge < -0.3 is 20.1 Å². The molecule has 6 rings (SSSR count). The SMILES string of the molecule is CC1=C2C(N3CC(CS(C)(=O)=O)C3)=CC(COc3cc4c(cn3)[C@H]3[C@@H](C4)[C@@H]3C(=O)O)[C@@H](F)[C@@H]2N1. The molecule has 182 valence electrons. The molecule has 3 heterocycles. The highest BCUT2D eigenvalue weighted by Crippen LogP contribution is 2.61. The molecular formula is C24H28FN3O5S. The summed E-state index contributed by atoms with van der Waals surface area (Å²) in [5.41, 5.74) is 4.99. The van der Waals surface area contributed by atoms with Gasteiger partial charge in [0.05, 0.1) is 24.3 Å². The Kier molecular flexibility index (Phi) is 4.79. The van der Waals surface area contributed by atoms with Crippen LogP contribution in [0.4, 0.5) is 4.39 Å². The van der Waals surface area contributed by atoms with E-state index in [1.807, 2.05) is 19.1 Å². The Labute approximate surface area is 197 Å². The van der Waals surface area contributed by atoms with Crippen molar-refractivity contribution in [2.24, 2.45) is 23.7 Å². The third-order valence-electron chi connectivity index (χ3n) is 7.99. The van der Waals surface area contributed by atoms with Crippen LogP contribution < -0.4 is 10.1 Å². The average Bonchev–Trinajstić information content (AvgIpc) is 3.32. The highest BCUT2D eigenvalue weighted by Gasteiger charge is 2.60. The Morgan fingerprint density at radius 3 is 2.82 bits per heavy atom. The van der Waals surface area contributed by atoms with Gasteiger partial charge >= 0.3 is 5.97 Å². The molecule has 0 bridgehead atoms. The zero-order valence-electron chi connectivity index (χ0n) is 19.1. The molecule has 2 N–H and O–H groups in total. The standard InChI is InChI=1S/C24H28FN3O5S/c1-11-19-17(28-7-12(8-28)10-34(2,31)32)4-14(22(25)23(19)27-11)9-33-18-5-13-3-15-20(16(13)6-26-18)21(15)24(29)30/h4-6,12,14-15,20-23,27H,3,7-10H2,1-2H3,(H,29,30)/t14?,15-,20-,21+,22-,23-/m1/s1. The van der Waals surface area contributed by atoms with E-state index in [0.29, 0.717) is 19.0 Å². The minimum atomic E-state index is -3.02. The van der Waals surface area contributed by atoms with Crippen molar-refractivity contribution >= 4 is 15.8 Å². The number of likely N-dealkylation sites (tertiary alicyclic amines) is 1. The number of aromatic nitrogens is 1. The predicted molar refractivity (Wildman–Crippen MR) is 122 cm³/mol. The van der Waals surface area contributed by atoms with Gasteiger partial charge in [-0.1, -0.05) is 6.08 Å². The number of pyridine rings is 1. The first-order valence-corrected chi connectivity index (χ1v) is 13.8. The second kappa shape index (κ2) is 7.44. The quantitative estimate of drug-likeness (QED) is 0.593. The van der Waals surface area contributed by atoms with Crippen molar-refractivity contribution in [3.63, 3.8) is 0 Å². The molecule has 1 aromatic heterocycles. The Bertz CT molecular complexity index is 1240. The van der Waals surface area contributed by atoms with Crippen molar-refractivity contribution < 1.29 is 27.4 Å². The lowest BCUT2D eigenvalue weighted by molar-refractivity contribution is -0.139. The number of nitrogens with one attached hydrogen (secondary N) is 1. The molecule has 6 atom stereocenters. The van der Waals surface area contributed by atoms with Crippen LogP contribution in [0.2, 0.25) is 0 Å². The van der Waals surface area contributed by atoms with Crippen molar-refractivity contribution in [3.8, 4) is 5.88 Å². The Morgan fingerprint density at radius 2 is 2.15 bits per heavy atom. The number of hydrogen-bond donors (Lipinski definition) is 2. The first-order valence-electron chi connectivity index (χ1n) is 11.7. The van der Waals surface area contributed by atoms with E-state index in [9.17, 15) is 18.3 Å². The Hall–Kier alpha value is -2.62. The maximum absolute atomic E-state index is 15.3. The van der Waals surface area contributed by atoms with Crippen LogP contribution in [0.3, 0.4) is 0 Å². The fourth-order valence-electron chi connectivity index (χ4n) is 6.34. The molecule has 34 heavy (non-hydrogen) atoms. The summed E-state index contributed by atoms with van der Waals surface area (Å²) in [6, 6.07) is 1.49. The minimum Gasteiger partial charge on any atom is -0.481 e. The number of allylic oxidation sites excluding steroid dienone is 1. The van der Waals surface area contributed by atoms with Crippen LogP contribution >= 0.6 is 0 Å². The van der Waals surface area contributed by atoms with Crippen molar-refractivity contribution in [2.75, 3.05) is 31.7 Å². The van der Waals surface area contributed by atoms with Gasteiger partial charge in [0.15, 0.2) is 0 Å². The van der Waals surface area contributed by atoms with E-state index in [2.05, 4.69) is 15.2 Å². The first kappa shape index (κ1) is 21.9. The number of nitrogens with zero attached hydrogens (tertiary/aromatic N) is 2. The molecule has 1 saturated carbocycles. The zero-order chi connectivity index (χ0) is 23.9. The smallest absolute Gasteiger partial charge is 0.307 e. The highest BCUT2D eigenvalue weighted by atomic mass is 32.2. The fraction of sp³-hybridized carbons (Fsp3) is 0.583. The number of halogens is 1. The lowest BCUT2D eigenvalue weighted by Gasteiger charge is -2.50. The molecule has 0 radical (unpaired) electrons. The largest absolute Gasteiger partial charge is 0.481 e. The number of sulfone groups is 1. The normalized spacial score (nSPS) is 33.6. The van der Waals surface area contributed by atoms with E-state index >= 15 is 4.39 Å². The van der Waals surface area contributed by atoms with Crippen LogP contribution in [0.1, 0.15) is 24.0 Å². The van der Waals surface area contributed by atoms with E-state index in [1.165, 1.54) is 6.26 Å². The number of carbonyl (C=O) groups is 1. The summed E-state index contributed by atoms with van der Waals surface area (Å²) >= 11 is 0. The third kappa shape index (κ3) is 3.49. The van der Waals surface area contributed by atoms with Crippen LogP contribution in [-0.4, -0.2) is 73.3 Å². The summed E-state index contributed by atoms with van der Waals surface area (Å²) in [5, 5.41) is 12.5. The number of hydrogen-bond acceptors (Lipinski definition) is 7. The van der Waals surface area contributed by atoms with E-state index in [1.54, 1.807) is 6.20 Å². The Balaban J connectivity index is 1.14. The van der Waals surface area contributed by atoms with Gasteiger partial charge in [0.1, 0.15) is 16.0 Å². The number of fused-ring (bicyclic) bond motifs is 4. The van der Waals surface area contributed by atoms with Gasteiger partial charge in [-0.2, -0.15) is 0 Å². The van der Waals surface area contributed by atoms with Gasteiger partial charge in [-0.3, -0.25) is 4.79 Å². The summed E-state index contributed by atoms with van der Waals surface area (Å²) < 4.78 is 44.4. The molecule has 3 aliphatic carbocycles. The molecule has 8 nitrogen and oxygen atoms in total. The molecule has 1 saturated heterocycles. The van der Waals surface area contributed by atoms with Crippen molar-refractivity contribution in [1.82, 2.24) is 15.2 Å². The maximum Gasteiger partial charge on any atom is 0.307 e. The molecule has 5 aliphatic rings. The second-order valence-corrected chi connectivity index (χ2v) is 12.7. The van der Waals surface area contributed by atoms with Crippen molar-refractivity contribution in [1.29, 1.82) is 0 Å². The number of carboxylic acids is 1. The summed E-state index contributed by atoms with van der Waals surface area (Å²) in [7, 11) is -3.02. The molecule has 2 aliphatic heterocycles. The number of ether oxygens (including phenoxy) is 1. The maximum atomic E-state index is 15.3. The zero-order valence-corrected chi connectivity index (χ0v) is 19.9. The van der Waals surface area contributed by atoms with Gasteiger partial charge in [-0.25, -0.2) is 17.8 Å². The van der Waals surface area contributed by atoms with Gasteiger partial charge in [0.2, 0.25) is 5.88 Å². The van der Waals surface area contributed by atoms with E-state index in [0.717, 1.165) is 34.5 Å². The van der Waals surface area contributed by atoms with E-state index in [4.69, 9.17) is 4.74 Å². The van der Waals surface area contributed by atoms with Crippen LogP contribution in [0.5, 0.6) is 5.88 Å². The lowest BCUT2D eigenvalue weighted by atomic mass is 9.77. The van der Waals surface area contributed by atoms with Crippen molar-refractivity contribution in [2.45, 2.75) is 31.5 Å². The number of rotatable bonds is 7. The lowest BCUT2D eigenvalue weighted by Crippen LogP contribution is -2.58. The summed E-state index contributed by atoms with van der Waals surface area (Å²) in [6.45, 7) is 3.38. The molecule has 1 aromatic rings. The summed E-state index contributed by atoms with van der Waals surface area (Å²) in [4.78, 5) is 17.8. The van der Waals surface area contributed by atoms with Gasteiger partial charge in [0, 0.05) is 66.3 Å². The van der Waals surface area contributed by atoms with Crippen LogP contribution in [-0.2, 0) is 21.1 Å². The van der Waals surface area contributed by atoms with Crippen LogP contribution in [0.15, 0.2) is 35.3 Å². The van der Waals surface area contributed by atoms with E-state index in [-0.39, 0.29) is 42.1 Å². The van der Waals surface area contributed by atoms with Crippen LogP contribution in [0, 0.1) is 23.7 Å². The molecule has 0 amide bonds. The van der Waals surface area contributed by atoms with Crippen LogP contribution in [0.25, 0.3) is 0 Å². The molecule has 0 spiro atoms. The number of alkyl halides is 1. The molecule has 1 unspecified atom stereocenters. The molecule has 10 heteroatoms. The number of carboxylic acid groups (broad SMARTS) is 1. The van der Waals surface area contributed by atoms with Gasteiger partial charge in [-0.05, 0) is 30.4 Å². The van der Waals surface area contributed by atoms with Gasteiger partial charge in [0.25, 0.3) is 0 Å². The fourth-order valence-corrected chi connectivity index (χ4v) is 7.41. The average molecular weight is 490 g/mol. The minimum absolute atomic E-state index is 0.0642. The summed E-state index contributed by atoms with van der Waals surface area (Å²) in [6.07, 6.45) is 4.49. The Morgan fingerprint density at radius 1 is 1.38 bits per heavy atom. The highest BCUT2D eigenvalue weighted by molar-refractivity contribution is 7.90. The van der Waals surface area contributed by atoms with Crippen molar-refractivity contribution in [3.05, 3.63) is 46.4 Å².